The van der Waals surface area contributed by atoms with Crippen LogP contribution in [0, 0.1) is 0 Å². The molecule has 0 amide bonds. The van der Waals surface area contributed by atoms with Crippen LogP contribution in [0.15, 0.2) is 52.4 Å². The molecule has 0 N–H and O–H groups in total. The van der Waals surface area contributed by atoms with Gasteiger partial charge in [0, 0.05) is 32.9 Å². The van der Waals surface area contributed by atoms with Gasteiger partial charge in [-0.25, -0.2) is 4.98 Å². The predicted octanol–water partition coefficient (Wildman–Crippen LogP) is 6.17. The summed E-state index contributed by atoms with van der Waals surface area (Å²) in [6.45, 7) is 2.17. The molecule has 2 aromatic heterocycles. The molecular weight excluding hydrogens is 424 g/mol. The molecule has 1 aromatic carbocycles. The van der Waals surface area contributed by atoms with Gasteiger partial charge in [-0.05, 0) is 30.7 Å². The van der Waals surface area contributed by atoms with Crippen molar-refractivity contribution in [1.82, 2.24) is 9.97 Å². The average molecular weight is 440 g/mol. The molecule has 22 heavy (non-hydrogen) atoms. The van der Waals surface area contributed by atoms with Gasteiger partial charge in [0.1, 0.15) is 5.01 Å². The molecule has 2 nitrogen and oxygen atoms in total. The first-order valence-electron chi connectivity index (χ1n) is 6.93. The van der Waals surface area contributed by atoms with Crippen molar-refractivity contribution < 1.29 is 0 Å². The summed E-state index contributed by atoms with van der Waals surface area (Å²) in [6.07, 6.45) is 4.00. The second-order valence-electron chi connectivity index (χ2n) is 4.83. The number of hydrogen-bond donors (Lipinski definition) is 0. The van der Waals surface area contributed by atoms with Gasteiger partial charge in [-0.1, -0.05) is 41.4 Å². The molecule has 0 aliphatic heterocycles. The number of rotatable bonds is 4. The van der Waals surface area contributed by atoms with E-state index in [9.17, 15) is 0 Å². The largest absolute Gasteiger partial charge is 0.261 e. The van der Waals surface area contributed by atoms with Crippen molar-refractivity contribution in [1.29, 1.82) is 0 Å². The highest BCUT2D eigenvalue weighted by Crippen LogP contribution is 2.29. The van der Waals surface area contributed by atoms with Gasteiger partial charge in [0.15, 0.2) is 0 Å². The molecule has 0 saturated carbocycles. The molecular formula is C17H16Br2N2S. The van der Waals surface area contributed by atoms with E-state index in [1.54, 1.807) is 11.3 Å². The van der Waals surface area contributed by atoms with Crippen molar-refractivity contribution in [2.45, 2.75) is 19.8 Å². The van der Waals surface area contributed by atoms with Crippen LogP contribution in [0.4, 0.5) is 0 Å². The summed E-state index contributed by atoms with van der Waals surface area (Å²) in [5.41, 5.74) is 4.46. The average Bonchev–Trinajstić information content (AvgIpc) is 2.98. The third-order valence-corrected chi connectivity index (χ3v) is 4.63. The van der Waals surface area contributed by atoms with Gasteiger partial charge >= 0.3 is 0 Å². The van der Waals surface area contributed by atoms with Gasteiger partial charge in [0.05, 0.1) is 5.69 Å². The van der Waals surface area contributed by atoms with E-state index in [4.69, 9.17) is 4.98 Å². The molecule has 0 unspecified atom stereocenters. The SMILES string of the molecule is Br.CCCc1cc(-c2nc(-c3ccc(Br)cc3)cs2)ccn1. The van der Waals surface area contributed by atoms with E-state index in [0.717, 1.165) is 44.8 Å². The first kappa shape index (κ1) is 17.3. The normalized spacial score (nSPS) is 10.3. The van der Waals surface area contributed by atoms with Crippen LogP contribution in [-0.2, 0) is 6.42 Å². The lowest BCUT2D eigenvalue weighted by Gasteiger charge is -2.01. The Morgan fingerprint density at radius 3 is 2.59 bits per heavy atom. The van der Waals surface area contributed by atoms with Crippen LogP contribution in [0.25, 0.3) is 21.8 Å². The zero-order valence-electron chi connectivity index (χ0n) is 12.1. The number of nitrogens with zero attached hydrogens (tertiary/aromatic N) is 2. The monoisotopic (exact) mass is 438 g/mol. The number of benzene rings is 1. The lowest BCUT2D eigenvalue weighted by atomic mass is 10.1. The summed E-state index contributed by atoms with van der Waals surface area (Å²) in [7, 11) is 0. The van der Waals surface area contributed by atoms with Gasteiger partial charge < -0.3 is 0 Å². The molecule has 114 valence electrons. The number of halogens is 2. The van der Waals surface area contributed by atoms with E-state index in [0.29, 0.717) is 0 Å². The minimum absolute atomic E-state index is 0. The van der Waals surface area contributed by atoms with E-state index in [1.165, 1.54) is 0 Å². The summed E-state index contributed by atoms with van der Waals surface area (Å²) < 4.78 is 1.08. The molecule has 5 heteroatoms. The Bertz CT molecular complexity index is 738. The Balaban J connectivity index is 0.00000176. The summed E-state index contributed by atoms with van der Waals surface area (Å²) in [5, 5.41) is 3.16. The molecule has 0 bridgehead atoms. The quantitative estimate of drug-likeness (QED) is 0.486. The maximum absolute atomic E-state index is 4.76. The fraction of sp³-hybridized carbons (Fsp3) is 0.176. The molecule has 2 heterocycles. The minimum atomic E-state index is 0. The molecule has 3 aromatic rings. The van der Waals surface area contributed by atoms with Gasteiger partial charge in [0.25, 0.3) is 0 Å². The van der Waals surface area contributed by atoms with Crippen molar-refractivity contribution in [3.63, 3.8) is 0 Å². The van der Waals surface area contributed by atoms with Gasteiger partial charge in [-0.2, -0.15) is 0 Å². The van der Waals surface area contributed by atoms with Crippen molar-refractivity contribution in [3.8, 4) is 21.8 Å². The minimum Gasteiger partial charge on any atom is -0.261 e. The van der Waals surface area contributed by atoms with Crippen LogP contribution < -0.4 is 0 Å². The summed E-state index contributed by atoms with van der Waals surface area (Å²) in [5.74, 6) is 0. The number of pyridine rings is 1. The lowest BCUT2D eigenvalue weighted by Crippen LogP contribution is -1.89. The van der Waals surface area contributed by atoms with Crippen molar-refractivity contribution in [2.75, 3.05) is 0 Å². The Labute approximate surface area is 153 Å². The number of aryl methyl sites for hydroxylation is 1. The fourth-order valence-corrected chi connectivity index (χ4v) is 3.25. The Morgan fingerprint density at radius 1 is 1.09 bits per heavy atom. The first-order chi connectivity index (χ1) is 10.3. The molecule has 0 aliphatic carbocycles. The zero-order chi connectivity index (χ0) is 14.7. The lowest BCUT2D eigenvalue weighted by molar-refractivity contribution is 0.883. The highest BCUT2D eigenvalue weighted by atomic mass is 79.9. The summed E-state index contributed by atoms with van der Waals surface area (Å²) in [4.78, 5) is 9.16. The van der Waals surface area contributed by atoms with Gasteiger partial charge in [-0.15, -0.1) is 28.3 Å². The molecule has 0 atom stereocenters. The maximum atomic E-state index is 4.76. The topological polar surface area (TPSA) is 25.8 Å². The molecule has 0 aliphatic rings. The van der Waals surface area contributed by atoms with Crippen LogP contribution in [0.5, 0.6) is 0 Å². The Kier molecular flexibility index (Phi) is 6.29. The van der Waals surface area contributed by atoms with Crippen molar-refractivity contribution in [2.24, 2.45) is 0 Å². The van der Waals surface area contributed by atoms with Crippen LogP contribution in [0.2, 0.25) is 0 Å². The van der Waals surface area contributed by atoms with E-state index < -0.39 is 0 Å². The smallest absolute Gasteiger partial charge is 0.124 e. The predicted molar refractivity (Wildman–Crippen MR) is 103 cm³/mol. The zero-order valence-corrected chi connectivity index (χ0v) is 16.2. The van der Waals surface area contributed by atoms with Crippen LogP contribution in [-0.4, -0.2) is 9.97 Å². The second kappa shape index (κ2) is 7.99. The van der Waals surface area contributed by atoms with E-state index >= 15 is 0 Å². The number of thiazole rings is 1. The first-order valence-corrected chi connectivity index (χ1v) is 8.60. The van der Waals surface area contributed by atoms with E-state index in [1.807, 2.05) is 24.4 Å². The molecule has 3 rings (SSSR count). The van der Waals surface area contributed by atoms with Gasteiger partial charge in [0.2, 0.25) is 0 Å². The van der Waals surface area contributed by atoms with Crippen LogP contribution in [0.3, 0.4) is 0 Å². The van der Waals surface area contributed by atoms with Crippen LogP contribution in [0.1, 0.15) is 19.0 Å². The van der Waals surface area contributed by atoms with Crippen molar-refractivity contribution in [3.05, 3.63) is 58.1 Å². The van der Waals surface area contributed by atoms with Gasteiger partial charge in [-0.3, -0.25) is 4.98 Å². The van der Waals surface area contributed by atoms with E-state index in [-0.39, 0.29) is 17.0 Å². The molecule has 0 saturated heterocycles. The summed E-state index contributed by atoms with van der Waals surface area (Å²) in [6, 6.07) is 12.4. The number of aromatic nitrogens is 2. The Hall–Kier alpha value is -1.04. The third-order valence-electron chi connectivity index (χ3n) is 3.21. The fourth-order valence-electron chi connectivity index (χ4n) is 2.16. The Morgan fingerprint density at radius 2 is 1.86 bits per heavy atom. The maximum Gasteiger partial charge on any atom is 0.124 e. The van der Waals surface area contributed by atoms with Crippen molar-refractivity contribution >= 4 is 44.2 Å². The summed E-state index contributed by atoms with van der Waals surface area (Å²) >= 11 is 5.14. The third kappa shape index (κ3) is 4.03. The highest BCUT2D eigenvalue weighted by Gasteiger charge is 2.07. The highest BCUT2D eigenvalue weighted by molar-refractivity contribution is 9.10. The van der Waals surface area contributed by atoms with Crippen LogP contribution >= 0.6 is 44.2 Å². The molecule has 0 radical (unpaired) electrons. The van der Waals surface area contributed by atoms with E-state index in [2.05, 4.69) is 51.4 Å². The second-order valence-corrected chi connectivity index (χ2v) is 6.60. The molecule has 0 spiro atoms. The number of hydrogen-bond acceptors (Lipinski definition) is 3. The molecule has 0 fully saturated rings. The standard InChI is InChI=1S/C17H15BrN2S.BrH/c1-2-3-15-10-13(8-9-19-15)17-20-16(11-21-17)12-4-6-14(18)7-5-12;/h4-11H,2-3H2,1H3;1H.